The summed E-state index contributed by atoms with van der Waals surface area (Å²) in [6, 6.07) is 33.4. The van der Waals surface area contributed by atoms with Crippen LogP contribution in [-0.2, 0) is 11.4 Å². The number of ether oxygens (including phenoxy) is 2. The highest BCUT2D eigenvalue weighted by molar-refractivity contribution is 14.1. The van der Waals surface area contributed by atoms with E-state index in [0.717, 1.165) is 30.7 Å². The van der Waals surface area contributed by atoms with Gasteiger partial charge in [0.1, 0.15) is 18.2 Å². The van der Waals surface area contributed by atoms with Gasteiger partial charge in [-0.15, -0.1) is 0 Å². The molecule has 0 bridgehead atoms. The number of benzene rings is 5. The standard InChI is InChI=1S/C32H23IN2O3/c1-37-30-18-21(16-25(19-34)32(36)35-29-15-7-11-23-9-3-5-14-27(23)29)17-28(33)31(30)38-20-24-12-6-10-22-8-2-4-13-26(22)24/h2-18H,20H2,1H3,(H,35,36)/b25-16+. The van der Waals surface area contributed by atoms with E-state index in [1.165, 1.54) is 0 Å². The van der Waals surface area contributed by atoms with Gasteiger partial charge in [0.05, 0.1) is 10.7 Å². The van der Waals surface area contributed by atoms with E-state index in [0.29, 0.717) is 29.4 Å². The number of hydrogen-bond donors (Lipinski definition) is 1. The molecule has 0 atom stereocenters. The Balaban J connectivity index is 1.39. The van der Waals surface area contributed by atoms with Gasteiger partial charge in [-0.3, -0.25) is 4.79 Å². The zero-order chi connectivity index (χ0) is 26.5. The van der Waals surface area contributed by atoms with Crippen molar-refractivity contribution >= 4 is 61.8 Å². The summed E-state index contributed by atoms with van der Waals surface area (Å²) in [7, 11) is 1.57. The van der Waals surface area contributed by atoms with Crippen LogP contribution in [0.4, 0.5) is 5.69 Å². The minimum absolute atomic E-state index is 0.0137. The first kappa shape index (κ1) is 25.3. The summed E-state index contributed by atoms with van der Waals surface area (Å²) < 4.78 is 12.6. The lowest BCUT2D eigenvalue weighted by atomic mass is 10.1. The summed E-state index contributed by atoms with van der Waals surface area (Å²) in [5.74, 6) is 0.654. The number of hydrogen-bond acceptors (Lipinski definition) is 4. The molecule has 0 saturated heterocycles. The van der Waals surface area contributed by atoms with E-state index in [4.69, 9.17) is 9.47 Å². The first-order chi connectivity index (χ1) is 18.6. The summed E-state index contributed by atoms with van der Waals surface area (Å²) in [5, 5.41) is 16.8. The van der Waals surface area contributed by atoms with E-state index >= 15 is 0 Å². The van der Waals surface area contributed by atoms with Crippen molar-refractivity contribution in [3.63, 3.8) is 0 Å². The van der Waals surface area contributed by atoms with Gasteiger partial charge in [0.2, 0.25) is 0 Å². The zero-order valence-electron chi connectivity index (χ0n) is 20.6. The molecule has 0 aliphatic heterocycles. The van der Waals surface area contributed by atoms with Crippen LogP contribution >= 0.6 is 22.6 Å². The third kappa shape index (κ3) is 5.34. The van der Waals surface area contributed by atoms with Gasteiger partial charge in [-0.05, 0) is 74.2 Å². The number of amides is 1. The fourth-order valence-corrected chi connectivity index (χ4v) is 5.15. The van der Waals surface area contributed by atoms with Crippen LogP contribution in [0, 0.1) is 14.9 Å². The van der Waals surface area contributed by atoms with Crippen molar-refractivity contribution in [1.82, 2.24) is 0 Å². The molecule has 0 fully saturated rings. The zero-order valence-corrected chi connectivity index (χ0v) is 22.7. The quantitative estimate of drug-likeness (QED) is 0.116. The number of methoxy groups -OCH3 is 1. The number of nitrogens with zero attached hydrogens (tertiary/aromatic N) is 1. The number of rotatable bonds is 7. The molecule has 5 aromatic carbocycles. The van der Waals surface area contributed by atoms with Crippen molar-refractivity contribution < 1.29 is 14.3 Å². The van der Waals surface area contributed by atoms with Crippen molar-refractivity contribution in [2.45, 2.75) is 6.61 Å². The monoisotopic (exact) mass is 610 g/mol. The average molecular weight is 610 g/mol. The van der Waals surface area contributed by atoms with Crippen molar-refractivity contribution in [3.05, 3.63) is 117 Å². The van der Waals surface area contributed by atoms with E-state index in [1.807, 2.05) is 78.9 Å². The van der Waals surface area contributed by atoms with Crippen LogP contribution in [0.1, 0.15) is 11.1 Å². The molecule has 0 aromatic heterocycles. The van der Waals surface area contributed by atoms with E-state index in [2.05, 4.69) is 46.1 Å². The minimum Gasteiger partial charge on any atom is -0.493 e. The summed E-state index contributed by atoms with van der Waals surface area (Å²) in [4.78, 5) is 13.0. The third-order valence-corrected chi connectivity index (χ3v) is 7.02. The Hall–Kier alpha value is -4.35. The second kappa shape index (κ2) is 11.4. The molecule has 0 aliphatic rings. The highest BCUT2D eigenvalue weighted by Gasteiger charge is 2.15. The Bertz CT molecular complexity index is 1730. The van der Waals surface area contributed by atoms with Gasteiger partial charge in [0, 0.05) is 11.1 Å². The summed E-state index contributed by atoms with van der Waals surface area (Å²) in [6.45, 7) is 0.375. The largest absolute Gasteiger partial charge is 0.493 e. The normalized spacial score (nSPS) is 11.2. The molecule has 5 rings (SSSR count). The molecule has 0 saturated carbocycles. The first-order valence-electron chi connectivity index (χ1n) is 12.0. The number of fused-ring (bicyclic) bond motifs is 2. The molecule has 0 aliphatic carbocycles. The summed E-state index contributed by atoms with van der Waals surface area (Å²) in [5.41, 5.74) is 2.37. The van der Waals surface area contributed by atoms with Crippen LogP contribution in [-0.4, -0.2) is 13.0 Å². The Morgan fingerprint density at radius 3 is 2.32 bits per heavy atom. The Labute approximate surface area is 234 Å². The van der Waals surface area contributed by atoms with Crippen LogP contribution in [0.25, 0.3) is 27.6 Å². The molecular formula is C32H23IN2O3. The SMILES string of the molecule is COc1cc(/C=C(\C#N)C(=O)Nc2cccc3ccccc23)cc(I)c1OCc1cccc2ccccc12. The fraction of sp³-hybridized carbons (Fsp3) is 0.0625. The maximum atomic E-state index is 13.0. The minimum atomic E-state index is -0.478. The molecule has 6 heteroatoms. The molecule has 0 unspecified atom stereocenters. The number of halogens is 1. The van der Waals surface area contributed by atoms with Crippen LogP contribution in [0.15, 0.2) is 103 Å². The van der Waals surface area contributed by atoms with E-state index in [1.54, 1.807) is 19.3 Å². The average Bonchev–Trinajstić information content (AvgIpc) is 2.95. The molecule has 0 heterocycles. The molecule has 0 radical (unpaired) electrons. The van der Waals surface area contributed by atoms with Crippen LogP contribution in [0.5, 0.6) is 11.5 Å². The molecule has 38 heavy (non-hydrogen) atoms. The lowest BCUT2D eigenvalue weighted by Gasteiger charge is -2.15. The molecule has 186 valence electrons. The number of anilines is 1. The maximum absolute atomic E-state index is 13.0. The predicted octanol–water partition coefficient (Wildman–Crippen LogP) is 7.73. The van der Waals surface area contributed by atoms with Crippen molar-refractivity contribution in [2.24, 2.45) is 0 Å². The molecular weight excluding hydrogens is 587 g/mol. The van der Waals surface area contributed by atoms with E-state index < -0.39 is 5.91 Å². The number of nitrogens with one attached hydrogen (secondary N) is 1. The lowest BCUT2D eigenvalue weighted by Crippen LogP contribution is -2.13. The van der Waals surface area contributed by atoms with Gasteiger partial charge < -0.3 is 14.8 Å². The van der Waals surface area contributed by atoms with Gasteiger partial charge >= 0.3 is 0 Å². The maximum Gasteiger partial charge on any atom is 0.266 e. The van der Waals surface area contributed by atoms with Gasteiger partial charge in [0.15, 0.2) is 11.5 Å². The van der Waals surface area contributed by atoms with Crippen LogP contribution in [0.2, 0.25) is 0 Å². The predicted molar refractivity (Wildman–Crippen MR) is 160 cm³/mol. The van der Waals surface area contributed by atoms with Crippen molar-refractivity contribution in [2.75, 3.05) is 12.4 Å². The van der Waals surface area contributed by atoms with Gasteiger partial charge in [-0.2, -0.15) is 5.26 Å². The number of nitriles is 1. The highest BCUT2D eigenvalue weighted by Crippen LogP contribution is 2.36. The summed E-state index contributed by atoms with van der Waals surface area (Å²) >= 11 is 2.18. The van der Waals surface area contributed by atoms with Crippen molar-refractivity contribution in [3.8, 4) is 17.6 Å². The van der Waals surface area contributed by atoms with E-state index in [9.17, 15) is 10.1 Å². The van der Waals surface area contributed by atoms with Crippen LogP contribution < -0.4 is 14.8 Å². The van der Waals surface area contributed by atoms with Gasteiger partial charge in [0.25, 0.3) is 5.91 Å². The van der Waals surface area contributed by atoms with E-state index in [-0.39, 0.29) is 5.57 Å². The molecule has 0 spiro atoms. The lowest BCUT2D eigenvalue weighted by molar-refractivity contribution is -0.112. The Morgan fingerprint density at radius 1 is 0.921 bits per heavy atom. The Kier molecular flexibility index (Phi) is 7.57. The van der Waals surface area contributed by atoms with Gasteiger partial charge in [-0.1, -0.05) is 78.9 Å². The molecule has 5 nitrogen and oxygen atoms in total. The second-order valence-corrected chi connectivity index (χ2v) is 9.77. The van der Waals surface area contributed by atoms with Crippen LogP contribution in [0.3, 0.4) is 0 Å². The molecule has 5 aromatic rings. The third-order valence-electron chi connectivity index (χ3n) is 6.22. The smallest absolute Gasteiger partial charge is 0.266 e. The summed E-state index contributed by atoms with van der Waals surface area (Å²) in [6.07, 6.45) is 1.56. The molecule has 1 N–H and O–H groups in total. The highest BCUT2D eigenvalue weighted by atomic mass is 127. The molecule has 1 amide bonds. The second-order valence-electron chi connectivity index (χ2n) is 8.61. The van der Waals surface area contributed by atoms with Crippen molar-refractivity contribution in [1.29, 1.82) is 5.26 Å². The number of carbonyl (C=O) groups is 1. The Morgan fingerprint density at radius 2 is 1.58 bits per heavy atom. The number of carbonyl (C=O) groups excluding carboxylic acids is 1. The fourth-order valence-electron chi connectivity index (χ4n) is 4.37. The topological polar surface area (TPSA) is 71.3 Å². The first-order valence-corrected chi connectivity index (χ1v) is 13.0. The van der Waals surface area contributed by atoms with Gasteiger partial charge in [-0.25, -0.2) is 0 Å².